The zero-order valence-electron chi connectivity index (χ0n) is 23.6. The Hall–Kier alpha value is -3.46. The molecule has 3 rings (SSSR count). The maximum absolute atomic E-state index is 14.4. The quantitative estimate of drug-likeness (QED) is 0.266. The molecule has 1 heterocycles. The van der Waals surface area contributed by atoms with Gasteiger partial charge in [0, 0.05) is 23.0 Å². The first-order valence-electron chi connectivity index (χ1n) is 12.9. The minimum atomic E-state index is -1.47. The Morgan fingerprint density at radius 1 is 1.05 bits per heavy atom. The minimum Gasteiger partial charge on any atom is -0.443 e. The molecule has 1 unspecified atom stereocenters. The minimum absolute atomic E-state index is 0.0529. The molecule has 0 aliphatic carbocycles. The topological polar surface area (TPSA) is 99.2 Å². The Morgan fingerprint density at radius 3 is 2.25 bits per heavy atom. The van der Waals surface area contributed by atoms with Crippen molar-refractivity contribution in [1.82, 2.24) is 4.90 Å². The largest absolute Gasteiger partial charge is 0.508 e. The number of imide groups is 1. The van der Waals surface area contributed by atoms with Crippen molar-refractivity contribution in [3.8, 4) is 11.1 Å². The first-order chi connectivity index (χ1) is 18.5. The van der Waals surface area contributed by atoms with Gasteiger partial charge in [-0.25, -0.2) is 18.9 Å². The number of carbonyl (C=O) groups is 4. The fourth-order valence-corrected chi connectivity index (χ4v) is 4.73. The number of carbonyl (C=O) groups excluding carboxylic acids is 4. The predicted octanol–water partition coefficient (Wildman–Crippen LogP) is 6.75. The van der Waals surface area contributed by atoms with E-state index in [1.165, 1.54) is 18.2 Å². The van der Waals surface area contributed by atoms with Crippen LogP contribution in [0.3, 0.4) is 0 Å². The molecular weight excluding hydrogens is 541 g/mol. The van der Waals surface area contributed by atoms with Gasteiger partial charge in [-0.15, -0.1) is 0 Å². The molecule has 0 radical (unpaired) electrons. The van der Waals surface area contributed by atoms with Gasteiger partial charge in [-0.3, -0.25) is 4.79 Å². The second-order valence-electron chi connectivity index (χ2n) is 11.9. The van der Waals surface area contributed by atoms with Crippen molar-refractivity contribution in [1.29, 1.82) is 0 Å². The van der Waals surface area contributed by atoms with Crippen LogP contribution in [0.25, 0.3) is 11.1 Å². The van der Waals surface area contributed by atoms with Crippen LogP contribution in [0.2, 0.25) is 5.02 Å². The van der Waals surface area contributed by atoms with Gasteiger partial charge in [-0.05, 0) is 83.7 Å². The number of likely N-dealkylation sites (tertiary alicyclic amines) is 1. The SMILES string of the molecule is CC(C)(C)OC(=O)OCC1(CC=O)C[C@@H](Cc2ccc(-c3cc(Cl)ccc3F)cc2)N(C(=O)OC(C)(C)C)C1=O. The second kappa shape index (κ2) is 12.0. The Labute approximate surface area is 238 Å². The third kappa shape index (κ3) is 7.81. The molecule has 2 aromatic rings. The van der Waals surface area contributed by atoms with Crippen molar-refractivity contribution >= 4 is 36.0 Å². The van der Waals surface area contributed by atoms with Gasteiger partial charge in [-0.2, -0.15) is 0 Å². The highest BCUT2D eigenvalue weighted by molar-refractivity contribution is 6.30. The molecule has 2 aromatic carbocycles. The Balaban J connectivity index is 1.90. The lowest BCUT2D eigenvalue weighted by atomic mass is 9.82. The van der Waals surface area contributed by atoms with E-state index in [2.05, 4.69) is 0 Å². The Morgan fingerprint density at radius 2 is 1.68 bits per heavy atom. The van der Waals surface area contributed by atoms with Gasteiger partial charge >= 0.3 is 12.2 Å². The molecule has 40 heavy (non-hydrogen) atoms. The van der Waals surface area contributed by atoms with E-state index in [1.807, 2.05) is 0 Å². The average molecular weight is 576 g/mol. The van der Waals surface area contributed by atoms with Gasteiger partial charge in [0.1, 0.15) is 29.9 Å². The summed E-state index contributed by atoms with van der Waals surface area (Å²) in [5.41, 5.74) is -1.46. The summed E-state index contributed by atoms with van der Waals surface area (Å²) in [6, 6.07) is 10.6. The van der Waals surface area contributed by atoms with E-state index < -0.39 is 53.2 Å². The van der Waals surface area contributed by atoms with Crippen LogP contribution in [0.5, 0.6) is 0 Å². The zero-order valence-corrected chi connectivity index (χ0v) is 24.3. The van der Waals surface area contributed by atoms with Crippen LogP contribution in [-0.2, 0) is 30.2 Å². The Kier molecular flexibility index (Phi) is 9.29. The molecule has 0 aromatic heterocycles. The van der Waals surface area contributed by atoms with E-state index in [-0.39, 0.29) is 19.3 Å². The molecule has 2 amide bonds. The molecule has 1 saturated heterocycles. The highest BCUT2D eigenvalue weighted by Gasteiger charge is 2.55. The molecule has 0 bridgehead atoms. The molecule has 0 saturated carbocycles. The van der Waals surface area contributed by atoms with Gasteiger partial charge in [0.25, 0.3) is 0 Å². The van der Waals surface area contributed by atoms with Crippen LogP contribution in [0.15, 0.2) is 42.5 Å². The monoisotopic (exact) mass is 575 g/mol. The summed E-state index contributed by atoms with van der Waals surface area (Å²) in [5.74, 6) is -1.08. The molecule has 0 spiro atoms. The molecular formula is C30H35ClFNO7. The zero-order chi connectivity index (χ0) is 29.9. The van der Waals surface area contributed by atoms with Crippen LogP contribution in [0.4, 0.5) is 14.0 Å². The van der Waals surface area contributed by atoms with Crippen LogP contribution in [-0.4, -0.2) is 53.2 Å². The highest BCUT2D eigenvalue weighted by atomic mass is 35.5. The van der Waals surface area contributed by atoms with Gasteiger partial charge in [-0.1, -0.05) is 35.9 Å². The molecule has 1 aliphatic heterocycles. The number of benzene rings is 2. The number of rotatable bonds is 7. The molecule has 216 valence electrons. The van der Waals surface area contributed by atoms with Crippen molar-refractivity contribution in [2.75, 3.05) is 6.61 Å². The van der Waals surface area contributed by atoms with Crippen LogP contribution >= 0.6 is 11.6 Å². The maximum atomic E-state index is 14.4. The number of halogens is 2. The lowest BCUT2D eigenvalue weighted by Crippen LogP contribution is -2.46. The van der Waals surface area contributed by atoms with E-state index in [0.717, 1.165) is 10.5 Å². The van der Waals surface area contributed by atoms with Crippen molar-refractivity contribution < 1.29 is 37.8 Å². The van der Waals surface area contributed by atoms with E-state index in [1.54, 1.807) is 65.8 Å². The maximum Gasteiger partial charge on any atom is 0.508 e. The first-order valence-corrected chi connectivity index (χ1v) is 13.3. The van der Waals surface area contributed by atoms with Crippen LogP contribution < -0.4 is 0 Å². The molecule has 1 aliphatic rings. The summed E-state index contributed by atoms with van der Waals surface area (Å²) in [6.07, 6.45) is -1.25. The average Bonchev–Trinajstić information content (AvgIpc) is 3.09. The smallest absolute Gasteiger partial charge is 0.443 e. The summed E-state index contributed by atoms with van der Waals surface area (Å²) in [5, 5.41) is 0.401. The number of nitrogens with zero attached hydrogens (tertiary/aromatic N) is 1. The van der Waals surface area contributed by atoms with E-state index in [0.29, 0.717) is 22.4 Å². The first kappa shape index (κ1) is 31.1. The molecule has 2 atom stereocenters. The number of hydrogen-bond donors (Lipinski definition) is 0. The van der Waals surface area contributed by atoms with Gasteiger partial charge in [0.2, 0.25) is 5.91 Å². The number of amides is 2. The summed E-state index contributed by atoms with van der Waals surface area (Å²) in [6.45, 7) is 9.60. The van der Waals surface area contributed by atoms with Crippen molar-refractivity contribution in [3.05, 3.63) is 58.9 Å². The van der Waals surface area contributed by atoms with Crippen molar-refractivity contribution in [3.63, 3.8) is 0 Å². The lowest BCUT2D eigenvalue weighted by Gasteiger charge is -2.28. The molecule has 8 nitrogen and oxygen atoms in total. The molecule has 1 fully saturated rings. The van der Waals surface area contributed by atoms with E-state index in [4.69, 9.17) is 25.8 Å². The molecule has 10 heteroatoms. The number of hydrogen-bond acceptors (Lipinski definition) is 7. The van der Waals surface area contributed by atoms with E-state index in [9.17, 15) is 23.6 Å². The Bertz CT molecular complexity index is 1270. The highest BCUT2D eigenvalue weighted by Crippen LogP contribution is 2.41. The third-order valence-corrected chi connectivity index (χ3v) is 6.48. The summed E-state index contributed by atoms with van der Waals surface area (Å²) in [4.78, 5) is 51.9. The summed E-state index contributed by atoms with van der Waals surface area (Å²) < 4.78 is 30.3. The van der Waals surface area contributed by atoms with Gasteiger partial charge < -0.3 is 19.0 Å². The normalized spacial score (nSPS) is 19.4. The van der Waals surface area contributed by atoms with Gasteiger partial charge in [0.05, 0.1) is 5.41 Å². The fourth-order valence-electron chi connectivity index (χ4n) is 4.55. The third-order valence-electron chi connectivity index (χ3n) is 6.25. The van der Waals surface area contributed by atoms with Crippen molar-refractivity contribution in [2.24, 2.45) is 5.41 Å². The fraction of sp³-hybridized carbons (Fsp3) is 0.467. The van der Waals surface area contributed by atoms with Gasteiger partial charge in [0.15, 0.2) is 0 Å². The van der Waals surface area contributed by atoms with Crippen molar-refractivity contribution in [2.45, 2.75) is 78.0 Å². The number of aldehydes is 1. The summed E-state index contributed by atoms with van der Waals surface area (Å²) in [7, 11) is 0. The van der Waals surface area contributed by atoms with Crippen LogP contribution in [0, 0.1) is 11.2 Å². The second-order valence-corrected chi connectivity index (χ2v) is 12.4. The van der Waals surface area contributed by atoms with E-state index >= 15 is 0 Å². The lowest BCUT2D eigenvalue weighted by molar-refractivity contribution is -0.140. The molecule has 0 N–H and O–H groups in total. The number of ether oxygens (including phenoxy) is 3. The predicted molar refractivity (Wildman–Crippen MR) is 147 cm³/mol. The standard InChI is InChI=1S/C30H35ClFNO7/c1-28(2,3)39-26(36)33-22(15-19-7-9-20(10-8-19)23-16-21(31)11-12-24(23)32)17-30(13-14-34,25(33)35)18-38-27(37)40-29(4,5)6/h7-12,14,16,22H,13,15,17-18H2,1-6H3/t22-,30?/m1/s1. The van der Waals surface area contributed by atoms with Crippen LogP contribution in [0.1, 0.15) is 59.9 Å². The summed E-state index contributed by atoms with van der Waals surface area (Å²) >= 11 is 6.03.